The zero-order valence-electron chi connectivity index (χ0n) is 11.8. The SMILES string of the molecule is COc1ccc(S(=O)(=O)NC2CC(O)C2)cc1NC(C)=O. The van der Waals surface area contributed by atoms with E-state index < -0.39 is 16.1 Å². The second-order valence-corrected chi connectivity index (χ2v) is 6.70. The van der Waals surface area contributed by atoms with Crippen LogP contribution < -0.4 is 14.8 Å². The number of methoxy groups -OCH3 is 1. The van der Waals surface area contributed by atoms with Crippen LogP contribution in [-0.2, 0) is 14.8 Å². The van der Waals surface area contributed by atoms with Gasteiger partial charge in [-0.05, 0) is 31.0 Å². The monoisotopic (exact) mass is 314 g/mol. The maximum Gasteiger partial charge on any atom is 0.240 e. The Bertz CT molecular complexity index is 638. The average molecular weight is 314 g/mol. The number of carbonyl (C=O) groups excluding carboxylic acids is 1. The number of sulfonamides is 1. The summed E-state index contributed by atoms with van der Waals surface area (Å²) in [6.45, 7) is 1.33. The van der Waals surface area contributed by atoms with Crippen LogP contribution in [0.2, 0.25) is 0 Å². The zero-order valence-corrected chi connectivity index (χ0v) is 12.6. The summed E-state index contributed by atoms with van der Waals surface area (Å²) in [5, 5.41) is 11.7. The Kier molecular flexibility index (Phi) is 4.50. The van der Waals surface area contributed by atoms with Gasteiger partial charge in [0.2, 0.25) is 15.9 Å². The molecule has 3 N–H and O–H groups in total. The molecule has 1 fully saturated rings. The van der Waals surface area contributed by atoms with E-state index in [2.05, 4.69) is 10.0 Å². The number of rotatable bonds is 5. The Balaban J connectivity index is 2.24. The van der Waals surface area contributed by atoms with Gasteiger partial charge in [-0.2, -0.15) is 0 Å². The Morgan fingerprint density at radius 1 is 1.38 bits per heavy atom. The van der Waals surface area contributed by atoms with E-state index >= 15 is 0 Å². The first-order valence-electron chi connectivity index (χ1n) is 6.48. The number of hydrogen-bond acceptors (Lipinski definition) is 5. The summed E-state index contributed by atoms with van der Waals surface area (Å²) in [5.74, 6) is 0.0566. The number of hydrogen-bond donors (Lipinski definition) is 3. The Labute approximate surface area is 123 Å². The van der Waals surface area contributed by atoms with Crippen LogP contribution in [0.15, 0.2) is 23.1 Å². The van der Waals surface area contributed by atoms with Crippen molar-refractivity contribution in [2.75, 3.05) is 12.4 Å². The lowest BCUT2D eigenvalue weighted by molar-refractivity contribution is -0.114. The quantitative estimate of drug-likeness (QED) is 0.732. The smallest absolute Gasteiger partial charge is 0.240 e. The molecule has 0 radical (unpaired) electrons. The van der Waals surface area contributed by atoms with Crippen molar-refractivity contribution in [1.82, 2.24) is 4.72 Å². The standard InChI is InChI=1S/C13H18N2O5S/c1-8(16)14-12-7-11(3-4-13(12)20-2)21(18,19)15-9-5-10(17)6-9/h3-4,7,9-10,15,17H,5-6H2,1-2H3,(H,14,16). The highest BCUT2D eigenvalue weighted by molar-refractivity contribution is 7.89. The highest BCUT2D eigenvalue weighted by atomic mass is 32.2. The van der Waals surface area contributed by atoms with Crippen LogP contribution in [0.1, 0.15) is 19.8 Å². The summed E-state index contributed by atoms with van der Waals surface area (Å²) >= 11 is 0. The molecule has 2 rings (SSSR count). The molecule has 1 saturated carbocycles. The van der Waals surface area contributed by atoms with Gasteiger partial charge in [-0.15, -0.1) is 0 Å². The highest BCUT2D eigenvalue weighted by Crippen LogP contribution is 2.28. The number of anilines is 1. The van der Waals surface area contributed by atoms with Crippen LogP contribution in [0.3, 0.4) is 0 Å². The lowest BCUT2D eigenvalue weighted by Crippen LogP contribution is -2.46. The van der Waals surface area contributed by atoms with Crippen LogP contribution in [0, 0.1) is 0 Å². The molecular formula is C13H18N2O5S. The lowest BCUT2D eigenvalue weighted by Gasteiger charge is -2.31. The minimum atomic E-state index is -3.70. The molecule has 0 saturated heterocycles. The predicted octanol–water partition coefficient (Wildman–Crippen LogP) is 0.455. The molecule has 0 bridgehead atoms. The molecule has 0 unspecified atom stereocenters. The van der Waals surface area contributed by atoms with Crippen molar-refractivity contribution in [2.45, 2.75) is 36.8 Å². The van der Waals surface area contributed by atoms with Gasteiger partial charge in [-0.25, -0.2) is 13.1 Å². The molecule has 1 amide bonds. The molecule has 7 nitrogen and oxygen atoms in total. The van der Waals surface area contributed by atoms with E-state index in [-0.39, 0.29) is 16.8 Å². The lowest BCUT2D eigenvalue weighted by atomic mass is 9.91. The Morgan fingerprint density at radius 2 is 2.05 bits per heavy atom. The first kappa shape index (κ1) is 15.7. The third kappa shape index (κ3) is 3.72. The van der Waals surface area contributed by atoms with Gasteiger partial charge in [0.15, 0.2) is 0 Å². The van der Waals surface area contributed by atoms with Crippen molar-refractivity contribution >= 4 is 21.6 Å². The summed E-state index contributed by atoms with van der Waals surface area (Å²) in [6, 6.07) is 3.98. The van der Waals surface area contributed by atoms with Crippen molar-refractivity contribution in [2.24, 2.45) is 0 Å². The number of ether oxygens (including phenoxy) is 1. The Morgan fingerprint density at radius 3 is 2.57 bits per heavy atom. The number of amides is 1. The highest BCUT2D eigenvalue weighted by Gasteiger charge is 2.31. The molecule has 116 valence electrons. The van der Waals surface area contributed by atoms with Crippen molar-refractivity contribution in [3.8, 4) is 5.75 Å². The third-order valence-electron chi connectivity index (χ3n) is 3.23. The van der Waals surface area contributed by atoms with E-state index in [9.17, 15) is 18.3 Å². The van der Waals surface area contributed by atoms with Gasteiger partial charge >= 0.3 is 0 Å². The van der Waals surface area contributed by atoms with Gasteiger partial charge in [-0.1, -0.05) is 0 Å². The van der Waals surface area contributed by atoms with E-state index in [4.69, 9.17) is 4.74 Å². The number of aliphatic hydroxyl groups excluding tert-OH is 1. The number of benzene rings is 1. The first-order valence-corrected chi connectivity index (χ1v) is 7.96. The second-order valence-electron chi connectivity index (χ2n) is 4.99. The molecule has 0 aromatic heterocycles. The van der Waals surface area contributed by atoms with Gasteiger partial charge in [0, 0.05) is 13.0 Å². The van der Waals surface area contributed by atoms with Crippen LogP contribution in [-0.4, -0.2) is 38.7 Å². The molecule has 0 aliphatic heterocycles. The van der Waals surface area contributed by atoms with Crippen LogP contribution >= 0.6 is 0 Å². The van der Waals surface area contributed by atoms with Crippen molar-refractivity contribution in [3.05, 3.63) is 18.2 Å². The molecule has 1 aromatic carbocycles. The predicted molar refractivity (Wildman–Crippen MR) is 76.6 cm³/mol. The Hall–Kier alpha value is -1.64. The normalized spacial score (nSPS) is 21.5. The fourth-order valence-electron chi connectivity index (χ4n) is 2.11. The maximum absolute atomic E-state index is 12.2. The van der Waals surface area contributed by atoms with Crippen LogP contribution in [0.4, 0.5) is 5.69 Å². The molecule has 1 aromatic rings. The number of nitrogens with one attached hydrogen (secondary N) is 2. The van der Waals surface area contributed by atoms with Gasteiger partial charge in [0.25, 0.3) is 0 Å². The fourth-order valence-corrected chi connectivity index (χ4v) is 3.40. The molecule has 1 aliphatic carbocycles. The van der Waals surface area contributed by atoms with E-state index in [1.165, 1.54) is 32.2 Å². The summed E-state index contributed by atoms with van der Waals surface area (Å²) in [6.07, 6.45) is 0.380. The molecule has 0 heterocycles. The molecule has 8 heteroatoms. The second kappa shape index (κ2) is 6.00. The topological polar surface area (TPSA) is 105 Å². The average Bonchev–Trinajstić information content (AvgIpc) is 2.36. The van der Waals surface area contributed by atoms with Gasteiger partial charge < -0.3 is 15.2 Å². The van der Waals surface area contributed by atoms with E-state index in [1.807, 2.05) is 0 Å². The maximum atomic E-state index is 12.2. The van der Waals surface area contributed by atoms with E-state index in [0.717, 1.165) is 0 Å². The van der Waals surface area contributed by atoms with Gasteiger partial charge in [-0.3, -0.25) is 4.79 Å². The minimum Gasteiger partial charge on any atom is -0.495 e. The summed E-state index contributed by atoms with van der Waals surface area (Å²) in [4.78, 5) is 11.2. The summed E-state index contributed by atoms with van der Waals surface area (Å²) in [5.41, 5.74) is 0.293. The molecule has 0 spiro atoms. The van der Waals surface area contributed by atoms with Crippen molar-refractivity contribution in [1.29, 1.82) is 0 Å². The largest absolute Gasteiger partial charge is 0.495 e. The van der Waals surface area contributed by atoms with Gasteiger partial charge in [0.1, 0.15) is 5.75 Å². The zero-order chi connectivity index (χ0) is 15.6. The summed E-state index contributed by atoms with van der Waals surface area (Å²) < 4.78 is 32.1. The van der Waals surface area contributed by atoms with E-state index in [1.54, 1.807) is 0 Å². The first-order chi connectivity index (χ1) is 9.81. The summed E-state index contributed by atoms with van der Waals surface area (Å²) in [7, 11) is -2.26. The van der Waals surface area contributed by atoms with Crippen molar-refractivity contribution in [3.63, 3.8) is 0 Å². The molecular weight excluding hydrogens is 296 g/mol. The fraction of sp³-hybridized carbons (Fsp3) is 0.462. The van der Waals surface area contributed by atoms with Crippen LogP contribution in [0.25, 0.3) is 0 Å². The van der Waals surface area contributed by atoms with Crippen LogP contribution in [0.5, 0.6) is 5.75 Å². The van der Waals surface area contributed by atoms with E-state index in [0.29, 0.717) is 24.3 Å². The minimum absolute atomic E-state index is 0.0356. The molecule has 0 atom stereocenters. The molecule has 21 heavy (non-hydrogen) atoms. The number of carbonyl (C=O) groups is 1. The van der Waals surface area contributed by atoms with Gasteiger partial charge in [0.05, 0.1) is 23.8 Å². The third-order valence-corrected chi connectivity index (χ3v) is 4.75. The van der Waals surface area contributed by atoms with Crippen molar-refractivity contribution < 1.29 is 23.1 Å². The molecule has 1 aliphatic rings. The number of aliphatic hydroxyl groups is 1.